The highest BCUT2D eigenvalue weighted by molar-refractivity contribution is 5.68. The lowest BCUT2D eigenvalue weighted by atomic mass is 10.0. The number of ether oxygens (including phenoxy) is 2. The molecule has 2 rings (SSSR count). The molecule has 1 fully saturated rings. The largest absolute Gasteiger partial charge is 0.491 e. The number of nitrogens with one attached hydrogen (secondary N) is 1. The van der Waals surface area contributed by atoms with Gasteiger partial charge in [-0.15, -0.1) is 0 Å². The van der Waals surface area contributed by atoms with Crippen molar-refractivity contribution in [1.82, 2.24) is 10.2 Å². The quantitative estimate of drug-likeness (QED) is 0.783. The Morgan fingerprint density at radius 2 is 2.12 bits per heavy atom. The van der Waals surface area contributed by atoms with Crippen molar-refractivity contribution in [2.45, 2.75) is 71.8 Å². The van der Waals surface area contributed by atoms with Crippen LogP contribution in [0, 0.1) is 0 Å². The summed E-state index contributed by atoms with van der Waals surface area (Å²) in [4.78, 5) is 14.4. The first-order valence-electron chi connectivity index (χ1n) is 9.39. The van der Waals surface area contributed by atoms with Gasteiger partial charge in [0.1, 0.15) is 11.4 Å². The number of benzene rings is 1. The van der Waals surface area contributed by atoms with E-state index in [1.807, 2.05) is 52.8 Å². The number of alkyl carbamates (subject to hydrolysis) is 1. The standard InChI is InChI=1S/C20H33N3O3/c1-14(2)25-18-9-8-16(21)11-15(18)12-23-10-6-7-17(13-23)22-19(24)26-20(3,4)5/h8-9,11,14,17H,6-7,10,12-13,21H2,1-5H3,(H,22,24). The maximum atomic E-state index is 12.0. The maximum Gasteiger partial charge on any atom is 0.407 e. The van der Waals surface area contributed by atoms with Gasteiger partial charge >= 0.3 is 6.09 Å². The molecule has 0 spiro atoms. The lowest BCUT2D eigenvalue weighted by Crippen LogP contribution is -2.48. The molecule has 0 radical (unpaired) electrons. The van der Waals surface area contributed by atoms with Crippen molar-refractivity contribution in [3.05, 3.63) is 23.8 Å². The van der Waals surface area contributed by atoms with Crippen LogP contribution < -0.4 is 15.8 Å². The summed E-state index contributed by atoms with van der Waals surface area (Å²) in [5.41, 5.74) is 7.30. The highest BCUT2D eigenvalue weighted by Crippen LogP contribution is 2.25. The SMILES string of the molecule is CC(C)Oc1ccc(N)cc1CN1CCCC(NC(=O)OC(C)(C)C)C1. The number of rotatable bonds is 5. The minimum Gasteiger partial charge on any atom is -0.491 e. The van der Waals surface area contributed by atoms with E-state index in [9.17, 15) is 4.79 Å². The Morgan fingerprint density at radius 3 is 2.77 bits per heavy atom. The molecule has 1 saturated heterocycles. The van der Waals surface area contributed by atoms with Crippen LogP contribution in [0.25, 0.3) is 0 Å². The summed E-state index contributed by atoms with van der Waals surface area (Å²) < 4.78 is 11.3. The number of anilines is 1. The number of hydrogen-bond donors (Lipinski definition) is 2. The molecular weight excluding hydrogens is 330 g/mol. The van der Waals surface area contributed by atoms with Gasteiger partial charge in [0.15, 0.2) is 0 Å². The van der Waals surface area contributed by atoms with Gasteiger partial charge in [0.05, 0.1) is 6.10 Å². The van der Waals surface area contributed by atoms with Crippen molar-refractivity contribution in [2.24, 2.45) is 0 Å². The Labute approximate surface area is 157 Å². The number of piperidine rings is 1. The predicted octanol–water partition coefficient (Wildman–Crippen LogP) is 3.55. The summed E-state index contributed by atoms with van der Waals surface area (Å²) >= 11 is 0. The van der Waals surface area contributed by atoms with Crippen molar-refractivity contribution in [3.63, 3.8) is 0 Å². The van der Waals surface area contributed by atoms with Crippen LogP contribution in [0.15, 0.2) is 18.2 Å². The smallest absolute Gasteiger partial charge is 0.407 e. The van der Waals surface area contributed by atoms with E-state index in [4.69, 9.17) is 15.2 Å². The van der Waals surface area contributed by atoms with E-state index in [-0.39, 0.29) is 18.2 Å². The van der Waals surface area contributed by atoms with Gasteiger partial charge in [-0.1, -0.05) is 0 Å². The number of nitrogens with zero attached hydrogens (tertiary/aromatic N) is 1. The molecule has 1 aliphatic rings. The third-order valence-electron chi connectivity index (χ3n) is 4.07. The molecule has 1 amide bonds. The fourth-order valence-corrected chi connectivity index (χ4v) is 3.12. The maximum absolute atomic E-state index is 12.0. The molecule has 3 N–H and O–H groups in total. The lowest BCUT2D eigenvalue weighted by Gasteiger charge is -2.34. The van der Waals surface area contributed by atoms with Crippen molar-refractivity contribution < 1.29 is 14.3 Å². The third kappa shape index (κ3) is 6.75. The topological polar surface area (TPSA) is 76.8 Å². The fourth-order valence-electron chi connectivity index (χ4n) is 3.12. The van der Waals surface area contributed by atoms with Crippen LogP contribution in [0.3, 0.4) is 0 Å². The highest BCUT2D eigenvalue weighted by atomic mass is 16.6. The molecule has 1 atom stereocenters. The van der Waals surface area contributed by atoms with Gasteiger partial charge in [-0.3, -0.25) is 4.90 Å². The van der Waals surface area contributed by atoms with Crippen LogP contribution in [-0.4, -0.2) is 41.8 Å². The molecule has 0 aromatic heterocycles. The number of carbonyl (C=O) groups excluding carboxylic acids is 1. The van der Waals surface area contributed by atoms with Gasteiger partial charge in [-0.05, 0) is 72.2 Å². The summed E-state index contributed by atoms with van der Waals surface area (Å²) in [5.74, 6) is 0.872. The number of nitrogen functional groups attached to an aromatic ring is 1. The first kappa shape index (κ1) is 20.4. The Bertz CT molecular complexity index is 611. The van der Waals surface area contributed by atoms with E-state index in [0.717, 1.165) is 49.5 Å². The Hall–Kier alpha value is -1.95. The predicted molar refractivity (Wildman–Crippen MR) is 104 cm³/mol. The normalized spacial score (nSPS) is 18.6. The summed E-state index contributed by atoms with van der Waals surface area (Å²) in [5, 5.41) is 2.99. The first-order valence-corrected chi connectivity index (χ1v) is 9.39. The van der Waals surface area contributed by atoms with Gasteiger partial charge in [0.2, 0.25) is 0 Å². The minimum absolute atomic E-state index is 0.0918. The van der Waals surface area contributed by atoms with Gasteiger partial charge in [0, 0.05) is 30.4 Å². The average Bonchev–Trinajstić information content (AvgIpc) is 2.48. The van der Waals surface area contributed by atoms with Crippen LogP contribution in [0.4, 0.5) is 10.5 Å². The zero-order valence-corrected chi connectivity index (χ0v) is 16.7. The molecule has 6 heteroatoms. The molecule has 0 saturated carbocycles. The summed E-state index contributed by atoms with van der Waals surface area (Å²) in [6.45, 7) is 12.2. The molecule has 1 aromatic rings. The molecule has 1 aliphatic heterocycles. The molecule has 146 valence electrons. The summed E-state index contributed by atoms with van der Waals surface area (Å²) in [7, 11) is 0. The van der Waals surface area contributed by atoms with E-state index in [2.05, 4.69) is 10.2 Å². The molecule has 0 aliphatic carbocycles. The fraction of sp³-hybridized carbons (Fsp3) is 0.650. The summed E-state index contributed by atoms with van der Waals surface area (Å²) in [6.07, 6.45) is 1.75. The molecule has 26 heavy (non-hydrogen) atoms. The first-order chi connectivity index (χ1) is 12.1. The van der Waals surface area contributed by atoms with E-state index in [1.165, 1.54) is 0 Å². The average molecular weight is 364 g/mol. The highest BCUT2D eigenvalue weighted by Gasteiger charge is 2.24. The van der Waals surface area contributed by atoms with Crippen molar-refractivity contribution in [3.8, 4) is 5.75 Å². The van der Waals surface area contributed by atoms with Crippen molar-refractivity contribution >= 4 is 11.8 Å². The van der Waals surface area contributed by atoms with Crippen LogP contribution in [0.5, 0.6) is 5.75 Å². The number of amides is 1. The molecular formula is C20H33N3O3. The van der Waals surface area contributed by atoms with Crippen molar-refractivity contribution in [1.29, 1.82) is 0 Å². The Balaban J connectivity index is 1.98. The van der Waals surface area contributed by atoms with Gasteiger partial charge in [-0.2, -0.15) is 0 Å². The van der Waals surface area contributed by atoms with E-state index in [0.29, 0.717) is 0 Å². The second-order valence-corrected chi connectivity index (χ2v) is 8.25. The summed E-state index contributed by atoms with van der Waals surface area (Å²) in [6, 6.07) is 5.87. The molecule has 1 unspecified atom stereocenters. The lowest BCUT2D eigenvalue weighted by molar-refractivity contribution is 0.0469. The second kappa shape index (κ2) is 8.62. The van der Waals surface area contributed by atoms with Crippen LogP contribution in [0.1, 0.15) is 53.0 Å². The van der Waals surface area contributed by atoms with Gasteiger partial charge in [0.25, 0.3) is 0 Å². The molecule has 1 aromatic carbocycles. The molecule has 1 heterocycles. The Kier molecular flexibility index (Phi) is 6.75. The Morgan fingerprint density at radius 1 is 1.38 bits per heavy atom. The molecule has 6 nitrogen and oxygen atoms in total. The zero-order chi connectivity index (χ0) is 19.3. The number of hydrogen-bond acceptors (Lipinski definition) is 5. The van der Waals surface area contributed by atoms with E-state index >= 15 is 0 Å². The van der Waals surface area contributed by atoms with Gasteiger partial charge < -0.3 is 20.5 Å². The van der Waals surface area contributed by atoms with Crippen LogP contribution in [-0.2, 0) is 11.3 Å². The van der Waals surface area contributed by atoms with Crippen molar-refractivity contribution in [2.75, 3.05) is 18.8 Å². The number of carbonyl (C=O) groups is 1. The third-order valence-corrected chi connectivity index (χ3v) is 4.07. The number of likely N-dealkylation sites (tertiary alicyclic amines) is 1. The molecule has 0 bridgehead atoms. The van der Waals surface area contributed by atoms with Crippen LogP contribution in [0.2, 0.25) is 0 Å². The van der Waals surface area contributed by atoms with Gasteiger partial charge in [-0.25, -0.2) is 4.79 Å². The number of nitrogens with two attached hydrogens (primary N) is 1. The monoisotopic (exact) mass is 363 g/mol. The minimum atomic E-state index is -0.483. The van der Waals surface area contributed by atoms with E-state index in [1.54, 1.807) is 0 Å². The zero-order valence-electron chi connectivity index (χ0n) is 16.7. The van der Waals surface area contributed by atoms with Crippen LogP contribution >= 0.6 is 0 Å². The second-order valence-electron chi connectivity index (χ2n) is 8.25. The van der Waals surface area contributed by atoms with E-state index < -0.39 is 5.60 Å².